The van der Waals surface area contributed by atoms with Crippen molar-refractivity contribution in [3.63, 3.8) is 0 Å². The Bertz CT molecular complexity index is 1070. The summed E-state index contributed by atoms with van der Waals surface area (Å²) in [5.41, 5.74) is 0.694. The van der Waals surface area contributed by atoms with Crippen LogP contribution in [0.15, 0.2) is 52.4 Å². The van der Waals surface area contributed by atoms with E-state index in [0.717, 1.165) is 48.9 Å². The predicted molar refractivity (Wildman–Crippen MR) is 106 cm³/mol. The normalized spacial score (nSPS) is 16.9. The van der Waals surface area contributed by atoms with Gasteiger partial charge in [0.05, 0.1) is 23.0 Å². The van der Waals surface area contributed by atoms with E-state index in [4.69, 9.17) is 0 Å². The number of anilines is 2. The van der Waals surface area contributed by atoms with Gasteiger partial charge in [-0.2, -0.15) is 5.10 Å². The molecule has 0 saturated carbocycles. The fourth-order valence-corrected chi connectivity index (χ4v) is 3.66. The summed E-state index contributed by atoms with van der Waals surface area (Å²) in [4.78, 5) is 25.7. The maximum Gasteiger partial charge on any atom is 0.272 e. The Balaban J connectivity index is 1.32. The number of aliphatic imine (C=N–C) groups is 1. The number of aromatic nitrogens is 3. The number of nitrogens with zero attached hydrogens (tertiary/aromatic N) is 5. The third-order valence-electron chi connectivity index (χ3n) is 5.03. The van der Waals surface area contributed by atoms with E-state index in [1.807, 2.05) is 36.5 Å². The van der Waals surface area contributed by atoms with Crippen LogP contribution in [0.3, 0.4) is 0 Å². The third-order valence-corrected chi connectivity index (χ3v) is 5.03. The number of hydrogen-bond donors (Lipinski definition) is 2. The van der Waals surface area contributed by atoms with Crippen molar-refractivity contribution in [1.82, 2.24) is 20.1 Å². The molecule has 4 heterocycles. The van der Waals surface area contributed by atoms with Gasteiger partial charge < -0.3 is 10.2 Å². The first-order chi connectivity index (χ1) is 13.3. The molecule has 27 heavy (non-hydrogen) atoms. The van der Waals surface area contributed by atoms with E-state index >= 15 is 0 Å². The summed E-state index contributed by atoms with van der Waals surface area (Å²) >= 11 is 0. The SMILES string of the molecule is O=c1[nH]nc2c3c(cccc13)NC(CN1CCN(c3ccccn3)CC1)=N2. The standard InChI is InChI=1S/C19H19N7O/c27-19-13-4-3-5-14-17(13)18(23-24-19)22-15(21-14)12-25-8-10-26(11-9-25)16-6-1-2-7-20-16/h1-7H,8-12H2,(H,24,27)(H,21,22,23). The average molecular weight is 361 g/mol. The molecule has 0 spiro atoms. The molecule has 0 aliphatic carbocycles. The lowest BCUT2D eigenvalue weighted by atomic mass is 10.1. The number of aromatic amines is 1. The predicted octanol–water partition coefficient (Wildman–Crippen LogP) is 1.60. The molecule has 3 aromatic rings. The monoisotopic (exact) mass is 361 g/mol. The molecule has 0 bridgehead atoms. The van der Waals surface area contributed by atoms with Crippen molar-refractivity contribution in [2.75, 3.05) is 42.9 Å². The number of rotatable bonds is 3. The summed E-state index contributed by atoms with van der Waals surface area (Å²) in [6, 6.07) is 11.6. The highest BCUT2D eigenvalue weighted by Crippen LogP contribution is 2.31. The lowest BCUT2D eigenvalue weighted by Gasteiger charge is -2.35. The van der Waals surface area contributed by atoms with Crippen LogP contribution in [-0.4, -0.2) is 58.6 Å². The summed E-state index contributed by atoms with van der Waals surface area (Å²) in [5.74, 6) is 2.45. The Hall–Kier alpha value is -3.26. The van der Waals surface area contributed by atoms with Crippen LogP contribution in [-0.2, 0) is 0 Å². The molecule has 8 heteroatoms. The third kappa shape index (κ3) is 2.93. The minimum Gasteiger partial charge on any atom is -0.354 e. The molecule has 8 nitrogen and oxygen atoms in total. The summed E-state index contributed by atoms with van der Waals surface area (Å²) in [7, 11) is 0. The second-order valence-corrected chi connectivity index (χ2v) is 6.74. The highest BCUT2D eigenvalue weighted by atomic mass is 16.1. The van der Waals surface area contributed by atoms with Crippen LogP contribution in [0, 0.1) is 0 Å². The zero-order valence-electron chi connectivity index (χ0n) is 14.7. The quantitative estimate of drug-likeness (QED) is 0.736. The van der Waals surface area contributed by atoms with Crippen LogP contribution >= 0.6 is 0 Å². The molecular weight excluding hydrogens is 342 g/mol. The van der Waals surface area contributed by atoms with Gasteiger partial charge >= 0.3 is 0 Å². The second-order valence-electron chi connectivity index (χ2n) is 6.74. The molecule has 5 rings (SSSR count). The molecule has 1 fully saturated rings. The van der Waals surface area contributed by atoms with Crippen LogP contribution in [0.2, 0.25) is 0 Å². The molecule has 0 radical (unpaired) electrons. The van der Waals surface area contributed by atoms with Crippen molar-refractivity contribution in [1.29, 1.82) is 0 Å². The van der Waals surface area contributed by atoms with Gasteiger partial charge in [-0.3, -0.25) is 9.69 Å². The van der Waals surface area contributed by atoms with Crippen molar-refractivity contribution in [2.24, 2.45) is 4.99 Å². The van der Waals surface area contributed by atoms with Crippen molar-refractivity contribution in [2.45, 2.75) is 0 Å². The molecule has 136 valence electrons. The Kier molecular flexibility index (Phi) is 3.83. The molecule has 0 unspecified atom stereocenters. The van der Waals surface area contributed by atoms with E-state index in [0.29, 0.717) is 17.7 Å². The number of H-pyrrole nitrogens is 1. The van der Waals surface area contributed by atoms with E-state index in [1.54, 1.807) is 6.07 Å². The van der Waals surface area contributed by atoms with Gasteiger partial charge in [-0.1, -0.05) is 12.1 Å². The first-order valence-electron chi connectivity index (χ1n) is 9.02. The van der Waals surface area contributed by atoms with Crippen LogP contribution in [0.4, 0.5) is 17.3 Å². The Morgan fingerprint density at radius 3 is 2.74 bits per heavy atom. The van der Waals surface area contributed by atoms with Crippen LogP contribution in [0.25, 0.3) is 10.8 Å². The first kappa shape index (κ1) is 16.0. The minimum absolute atomic E-state index is 0.193. The lowest BCUT2D eigenvalue weighted by Crippen LogP contribution is -2.49. The van der Waals surface area contributed by atoms with Gasteiger partial charge in [0, 0.05) is 32.4 Å². The van der Waals surface area contributed by atoms with E-state index in [-0.39, 0.29) is 5.56 Å². The minimum atomic E-state index is -0.193. The van der Waals surface area contributed by atoms with Gasteiger partial charge in [0.25, 0.3) is 5.56 Å². The fourth-order valence-electron chi connectivity index (χ4n) is 3.66. The second kappa shape index (κ2) is 6.48. The van der Waals surface area contributed by atoms with E-state index in [2.05, 4.69) is 35.3 Å². The van der Waals surface area contributed by atoms with Crippen molar-refractivity contribution in [3.8, 4) is 0 Å². The molecule has 2 aliphatic heterocycles. The summed E-state index contributed by atoms with van der Waals surface area (Å²) in [6.07, 6.45) is 1.83. The lowest BCUT2D eigenvalue weighted by molar-refractivity contribution is 0.291. The number of amidine groups is 1. The first-order valence-corrected chi connectivity index (χ1v) is 9.02. The van der Waals surface area contributed by atoms with E-state index in [1.165, 1.54) is 0 Å². The van der Waals surface area contributed by atoms with Crippen LogP contribution in [0.5, 0.6) is 0 Å². The molecule has 1 aromatic carbocycles. The maximum atomic E-state index is 12.0. The maximum absolute atomic E-state index is 12.0. The van der Waals surface area contributed by atoms with Crippen LogP contribution < -0.4 is 15.8 Å². The fraction of sp³-hybridized carbons (Fsp3) is 0.263. The number of pyridine rings is 1. The van der Waals surface area contributed by atoms with Gasteiger partial charge in [-0.05, 0) is 24.3 Å². The molecule has 2 aliphatic rings. The Morgan fingerprint density at radius 2 is 1.93 bits per heavy atom. The van der Waals surface area contributed by atoms with Gasteiger partial charge in [-0.15, -0.1) is 0 Å². The smallest absolute Gasteiger partial charge is 0.272 e. The average Bonchev–Trinajstić information content (AvgIpc) is 2.72. The highest BCUT2D eigenvalue weighted by molar-refractivity contribution is 6.12. The summed E-state index contributed by atoms with van der Waals surface area (Å²) in [5, 5.41) is 11.4. The van der Waals surface area contributed by atoms with Gasteiger partial charge in [0.2, 0.25) is 0 Å². The zero-order valence-corrected chi connectivity index (χ0v) is 14.7. The molecular formula is C19H19N7O. The zero-order chi connectivity index (χ0) is 18.2. The number of benzene rings is 1. The van der Waals surface area contributed by atoms with Crippen molar-refractivity contribution >= 4 is 33.9 Å². The highest BCUT2D eigenvalue weighted by Gasteiger charge is 2.22. The van der Waals surface area contributed by atoms with Crippen molar-refractivity contribution < 1.29 is 0 Å². The molecule has 1 saturated heterocycles. The topological polar surface area (TPSA) is 89.5 Å². The van der Waals surface area contributed by atoms with E-state index < -0.39 is 0 Å². The Labute approximate surface area is 155 Å². The van der Waals surface area contributed by atoms with Crippen molar-refractivity contribution in [3.05, 3.63) is 52.9 Å². The number of piperazine rings is 1. The summed E-state index contributed by atoms with van der Waals surface area (Å²) in [6.45, 7) is 4.46. The number of nitrogens with one attached hydrogen (secondary N) is 2. The molecule has 2 aromatic heterocycles. The van der Waals surface area contributed by atoms with Crippen LogP contribution in [0.1, 0.15) is 0 Å². The van der Waals surface area contributed by atoms with Gasteiger partial charge in [0.15, 0.2) is 5.82 Å². The van der Waals surface area contributed by atoms with Gasteiger partial charge in [-0.25, -0.2) is 15.1 Å². The Morgan fingerprint density at radius 1 is 1.04 bits per heavy atom. The largest absolute Gasteiger partial charge is 0.354 e. The number of hydrogen-bond acceptors (Lipinski definition) is 7. The van der Waals surface area contributed by atoms with E-state index in [9.17, 15) is 4.79 Å². The summed E-state index contributed by atoms with van der Waals surface area (Å²) < 4.78 is 0. The van der Waals surface area contributed by atoms with Gasteiger partial charge in [0.1, 0.15) is 11.7 Å². The molecule has 0 amide bonds. The molecule has 0 atom stereocenters. The molecule has 2 N–H and O–H groups in total.